The van der Waals surface area contributed by atoms with Gasteiger partial charge in [-0.3, -0.25) is 19.2 Å². The van der Waals surface area contributed by atoms with Gasteiger partial charge in [-0.2, -0.15) is 11.8 Å². The number of benzene rings is 1. The average Bonchev–Trinajstić information content (AvgIpc) is 2.79. The van der Waals surface area contributed by atoms with Gasteiger partial charge in [0, 0.05) is 0 Å². The van der Waals surface area contributed by atoms with Crippen LogP contribution in [0.25, 0.3) is 0 Å². The molecule has 36 heavy (non-hydrogen) atoms. The van der Waals surface area contributed by atoms with Gasteiger partial charge in [-0.1, -0.05) is 26.0 Å². The highest BCUT2D eigenvalue weighted by molar-refractivity contribution is 7.98. The summed E-state index contributed by atoms with van der Waals surface area (Å²) in [5.74, 6) is -4.95. The van der Waals surface area contributed by atoms with E-state index in [1.807, 2.05) is 0 Å². The Labute approximate surface area is 213 Å². The highest BCUT2D eigenvalue weighted by atomic mass is 32.2. The molecule has 0 heterocycles. The van der Waals surface area contributed by atoms with E-state index >= 15 is 0 Å². The van der Waals surface area contributed by atoms with Crippen LogP contribution in [0.3, 0.4) is 0 Å². The van der Waals surface area contributed by atoms with Crippen molar-refractivity contribution in [3.8, 4) is 5.75 Å². The van der Waals surface area contributed by atoms with Crippen molar-refractivity contribution in [3.05, 3.63) is 29.8 Å². The van der Waals surface area contributed by atoms with Crippen molar-refractivity contribution in [3.63, 3.8) is 0 Å². The molecule has 200 valence electrons. The fraction of sp³-hybridized carbons (Fsp3) is 0.522. The zero-order chi connectivity index (χ0) is 27.4. The molecule has 1 aromatic carbocycles. The number of nitrogens with two attached hydrogens (primary N) is 1. The lowest BCUT2D eigenvalue weighted by atomic mass is 10.0. The zero-order valence-corrected chi connectivity index (χ0v) is 21.2. The van der Waals surface area contributed by atoms with Gasteiger partial charge in [0.1, 0.15) is 23.9 Å². The molecule has 0 saturated carbocycles. The first-order chi connectivity index (χ1) is 16.8. The maximum Gasteiger partial charge on any atom is 0.326 e. The number of carboxylic acids is 2. The van der Waals surface area contributed by atoms with Crippen molar-refractivity contribution in [2.75, 3.05) is 12.0 Å². The molecule has 0 aliphatic carbocycles. The second-order valence-corrected chi connectivity index (χ2v) is 9.53. The minimum absolute atomic E-state index is 0.0399. The minimum Gasteiger partial charge on any atom is -0.508 e. The fourth-order valence-electron chi connectivity index (χ4n) is 3.19. The number of hydrogen-bond acceptors (Lipinski definition) is 8. The molecule has 3 amide bonds. The number of aromatic hydroxyl groups is 1. The Hall–Kier alpha value is -3.32. The van der Waals surface area contributed by atoms with Crippen LogP contribution in [0, 0.1) is 5.92 Å². The van der Waals surface area contributed by atoms with Gasteiger partial charge in [0.05, 0.1) is 12.5 Å². The molecule has 12 nitrogen and oxygen atoms in total. The summed E-state index contributed by atoms with van der Waals surface area (Å²) < 4.78 is 0. The number of aliphatic carboxylic acids is 2. The fourth-order valence-corrected chi connectivity index (χ4v) is 3.66. The van der Waals surface area contributed by atoms with Crippen molar-refractivity contribution in [1.29, 1.82) is 0 Å². The number of hydrogen-bond donors (Lipinski definition) is 7. The van der Waals surface area contributed by atoms with E-state index in [2.05, 4.69) is 16.0 Å². The van der Waals surface area contributed by atoms with Gasteiger partial charge in [-0.25, -0.2) is 4.79 Å². The molecular formula is C23H34N4O8S. The van der Waals surface area contributed by atoms with Crippen LogP contribution < -0.4 is 21.7 Å². The number of carboxylic acid groups (broad SMARTS) is 2. The SMILES string of the molecule is CSCCC(NC(=O)C(CC(=O)O)NC(=O)C(N)Cc1ccc(O)cc1)C(=O)NC(C(=O)O)C(C)C. The Morgan fingerprint density at radius 2 is 1.47 bits per heavy atom. The average molecular weight is 527 g/mol. The Kier molecular flexibility index (Phi) is 12.7. The summed E-state index contributed by atoms with van der Waals surface area (Å²) in [5, 5.41) is 35.1. The number of amides is 3. The van der Waals surface area contributed by atoms with E-state index in [0.29, 0.717) is 11.3 Å². The molecule has 1 aromatic rings. The van der Waals surface area contributed by atoms with Crippen molar-refractivity contribution >= 4 is 41.4 Å². The van der Waals surface area contributed by atoms with Crippen LogP contribution in [0.1, 0.15) is 32.3 Å². The lowest BCUT2D eigenvalue weighted by Crippen LogP contribution is -2.58. The standard InChI is InChI=1S/C23H34N4O8S/c1-12(2)19(23(34)35)27-21(32)16(8-9-36-3)25-22(33)17(11-18(29)30)26-20(31)15(24)10-13-4-6-14(28)7-5-13/h4-7,12,15-17,19,28H,8-11,24H2,1-3H3,(H,25,33)(H,26,31)(H,27,32)(H,29,30)(H,34,35). The van der Waals surface area contributed by atoms with Crippen LogP contribution in [0.5, 0.6) is 5.75 Å². The van der Waals surface area contributed by atoms with Crippen molar-refractivity contribution < 1.29 is 39.3 Å². The monoisotopic (exact) mass is 526 g/mol. The summed E-state index contributed by atoms with van der Waals surface area (Å²) in [7, 11) is 0. The molecule has 4 atom stereocenters. The van der Waals surface area contributed by atoms with Gasteiger partial charge in [-0.15, -0.1) is 0 Å². The number of carbonyl (C=O) groups excluding carboxylic acids is 3. The largest absolute Gasteiger partial charge is 0.508 e. The zero-order valence-electron chi connectivity index (χ0n) is 20.4. The molecule has 1 rings (SSSR count). The van der Waals surface area contributed by atoms with Crippen LogP contribution >= 0.6 is 11.8 Å². The third kappa shape index (κ3) is 10.5. The van der Waals surface area contributed by atoms with E-state index in [1.165, 1.54) is 23.9 Å². The first-order valence-electron chi connectivity index (χ1n) is 11.2. The number of phenolic OH excluding ortho intramolecular Hbond substituents is 1. The Balaban J connectivity index is 2.95. The van der Waals surface area contributed by atoms with Crippen LogP contribution in [0.4, 0.5) is 0 Å². The van der Waals surface area contributed by atoms with Gasteiger partial charge in [0.25, 0.3) is 0 Å². The number of phenols is 1. The smallest absolute Gasteiger partial charge is 0.326 e. The van der Waals surface area contributed by atoms with E-state index in [4.69, 9.17) is 5.73 Å². The first kappa shape index (κ1) is 30.7. The van der Waals surface area contributed by atoms with Crippen LogP contribution in [-0.2, 0) is 30.4 Å². The quantitative estimate of drug-likeness (QED) is 0.158. The molecule has 0 saturated heterocycles. The summed E-state index contributed by atoms with van der Waals surface area (Å²) in [6.45, 7) is 3.24. The third-order valence-corrected chi connectivity index (χ3v) is 5.86. The highest BCUT2D eigenvalue weighted by Gasteiger charge is 2.32. The molecular weight excluding hydrogens is 492 g/mol. The summed E-state index contributed by atoms with van der Waals surface area (Å²) >= 11 is 1.40. The van der Waals surface area contributed by atoms with Crippen LogP contribution in [-0.4, -0.2) is 81.2 Å². The summed E-state index contributed by atoms with van der Waals surface area (Å²) in [5.41, 5.74) is 6.56. The molecule has 8 N–H and O–H groups in total. The Bertz CT molecular complexity index is 925. The normalized spacial score (nSPS) is 14.2. The Morgan fingerprint density at radius 3 is 1.97 bits per heavy atom. The van der Waals surface area contributed by atoms with E-state index in [0.717, 1.165) is 0 Å². The maximum absolute atomic E-state index is 12.9. The van der Waals surface area contributed by atoms with Crippen LogP contribution in [0.2, 0.25) is 0 Å². The first-order valence-corrected chi connectivity index (χ1v) is 12.6. The third-order valence-electron chi connectivity index (χ3n) is 5.21. The number of rotatable bonds is 15. The second kappa shape index (κ2) is 14.9. The molecule has 0 aliphatic rings. The van der Waals surface area contributed by atoms with Gasteiger partial charge in [0.15, 0.2) is 0 Å². The molecule has 0 aromatic heterocycles. The molecule has 0 aliphatic heterocycles. The molecule has 0 fully saturated rings. The Morgan fingerprint density at radius 1 is 0.917 bits per heavy atom. The number of nitrogens with one attached hydrogen (secondary N) is 3. The van der Waals surface area contributed by atoms with E-state index in [9.17, 15) is 39.3 Å². The lowest BCUT2D eigenvalue weighted by molar-refractivity contribution is -0.144. The van der Waals surface area contributed by atoms with Crippen LogP contribution in [0.15, 0.2) is 24.3 Å². The van der Waals surface area contributed by atoms with Gasteiger partial charge in [0.2, 0.25) is 17.7 Å². The highest BCUT2D eigenvalue weighted by Crippen LogP contribution is 2.11. The predicted octanol–water partition coefficient (Wildman–Crippen LogP) is -0.315. The van der Waals surface area contributed by atoms with Crippen molar-refractivity contribution in [2.45, 2.75) is 57.3 Å². The predicted molar refractivity (Wildman–Crippen MR) is 133 cm³/mol. The van der Waals surface area contributed by atoms with E-state index in [-0.39, 0.29) is 18.6 Å². The number of thioether (sulfide) groups is 1. The molecule has 0 spiro atoms. The van der Waals surface area contributed by atoms with Crippen molar-refractivity contribution in [1.82, 2.24) is 16.0 Å². The van der Waals surface area contributed by atoms with Crippen molar-refractivity contribution in [2.24, 2.45) is 11.7 Å². The summed E-state index contributed by atoms with van der Waals surface area (Å²) in [6, 6.07) is 1.02. The molecule has 13 heteroatoms. The maximum atomic E-state index is 12.9. The molecule has 4 unspecified atom stereocenters. The molecule has 0 radical (unpaired) electrons. The van der Waals surface area contributed by atoms with Gasteiger partial charge in [-0.05, 0) is 48.5 Å². The summed E-state index contributed by atoms with van der Waals surface area (Å²) in [4.78, 5) is 61.1. The minimum atomic E-state index is -1.52. The number of carbonyl (C=O) groups is 5. The second-order valence-electron chi connectivity index (χ2n) is 8.55. The van der Waals surface area contributed by atoms with E-state index in [1.54, 1.807) is 32.2 Å². The topological polar surface area (TPSA) is 208 Å². The van der Waals surface area contributed by atoms with Gasteiger partial charge >= 0.3 is 11.9 Å². The van der Waals surface area contributed by atoms with Gasteiger partial charge < -0.3 is 37.0 Å². The lowest BCUT2D eigenvalue weighted by Gasteiger charge is -2.25. The van der Waals surface area contributed by atoms with E-state index < -0.39 is 66.2 Å². The summed E-state index contributed by atoms with van der Waals surface area (Å²) in [6.07, 6.45) is 1.24. The molecule has 0 bridgehead atoms.